The molecule has 0 aliphatic carbocycles. The number of likely N-dealkylation sites (tertiary alicyclic amines) is 2. The van der Waals surface area contributed by atoms with Gasteiger partial charge in [-0.2, -0.15) is 0 Å². The minimum absolute atomic E-state index is 0.730. The summed E-state index contributed by atoms with van der Waals surface area (Å²) < 4.78 is 4.40. The lowest BCUT2D eigenvalue weighted by Crippen LogP contribution is -2.38. The summed E-state index contributed by atoms with van der Waals surface area (Å²) in [6.07, 6.45) is 16.6. The van der Waals surface area contributed by atoms with Gasteiger partial charge in [-0.25, -0.2) is 4.68 Å². The third kappa shape index (κ3) is 5.33. The van der Waals surface area contributed by atoms with Crippen molar-refractivity contribution in [2.45, 2.75) is 90.1 Å². The van der Waals surface area contributed by atoms with Crippen LogP contribution in [0.4, 0.5) is 0 Å². The first-order chi connectivity index (χ1) is 14.7. The van der Waals surface area contributed by atoms with Crippen molar-refractivity contribution in [1.29, 1.82) is 0 Å². The Hall–Kier alpha value is -1.66. The maximum Gasteiger partial charge on any atom is 0.153 e. The van der Waals surface area contributed by atoms with E-state index >= 15 is 0 Å². The molecule has 0 radical (unpaired) electrons. The van der Waals surface area contributed by atoms with Crippen LogP contribution in [0.15, 0.2) is 24.5 Å². The first-order valence-electron chi connectivity index (χ1n) is 12.3. The molecule has 2 aromatic heterocycles. The number of hydrogen-bond acceptors (Lipinski definition) is 4. The molecule has 0 aromatic carbocycles. The van der Waals surface area contributed by atoms with Gasteiger partial charge in [0.1, 0.15) is 0 Å². The molecule has 2 aromatic rings. The minimum atomic E-state index is 0.730. The quantitative estimate of drug-likeness (QED) is 0.624. The van der Waals surface area contributed by atoms with Gasteiger partial charge in [-0.15, -0.1) is 10.2 Å². The number of rotatable bonds is 9. The molecule has 6 heteroatoms. The van der Waals surface area contributed by atoms with E-state index in [0.717, 1.165) is 49.4 Å². The van der Waals surface area contributed by atoms with E-state index in [4.69, 9.17) is 0 Å². The van der Waals surface area contributed by atoms with Crippen LogP contribution in [0.5, 0.6) is 0 Å². The summed E-state index contributed by atoms with van der Waals surface area (Å²) in [6.45, 7) is 9.60. The van der Waals surface area contributed by atoms with Crippen molar-refractivity contribution < 1.29 is 0 Å². The highest BCUT2D eigenvalue weighted by Crippen LogP contribution is 2.19. The highest BCUT2D eigenvalue weighted by molar-refractivity contribution is 5.02. The fourth-order valence-corrected chi connectivity index (χ4v) is 5.25. The van der Waals surface area contributed by atoms with Gasteiger partial charge in [-0.05, 0) is 90.7 Å². The van der Waals surface area contributed by atoms with E-state index in [-0.39, 0.29) is 0 Å². The highest BCUT2D eigenvalue weighted by atomic mass is 15.5. The average molecular weight is 413 g/mol. The van der Waals surface area contributed by atoms with E-state index in [1.807, 2.05) is 0 Å². The van der Waals surface area contributed by atoms with E-state index in [1.54, 1.807) is 0 Å². The molecule has 4 heterocycles. The lowest BCUT2D eigenvalue weighted by Gasteiger charge is -2.33. The van der Waals surface area contributed by atoms with Gasteiger partial charge < -0.3 is 9.80 Å². The second-order valence-corrected chi connectivity index (χ2v) is 9.38. The predicted molar refractivity (Wildman–Crippen MR) is 122 cm³/mol. The molecule has 0 N–H and O–H groups in total. The Balaban J connectivity index is 1.36. The molecule has 166 valence electrons. The van der Waals surface area contributed by atoms with Crippen LogP contribution in [0.3, 0.4) is 0 Å². The first-order valence-corrected chi connectivity index (χ1v) is 12.3. The maximum atomic E-state index is 4.61. The van der Waals surface area contributed by atoms with Crippen LogP contribution in [-0.2, 0) is 12.8 Å². The Morgan fingerprint density at radius 1 is 0.767 bits per heavy atom. The van der Waals surface area contributed by atoms with E-state index in [0.29, 0.717) is 0 Å². The van der Waals surface area contributed by atoms with Crippen LogP contribution in [0.2, 0.25) is 0 Å². The highest BCUT2D eigenvalue weighted by Gasteiger charge is 2.20. The molecule has 2 aliphatic rings. The van der Waals surface area contributed by atoms with E-state index < -0.39 is 0 Å². The van der Waals surface area contributed by atoms with Gasteiger partial charge >= 0.3 is 0 Å². The van der Waals surface area contributed by atoms with E-state index in [2.05, 4.69) is 67.7 Å². The zero-order chi connectivity index (χ0) is 20.8. The summed E-state index contributed by atoms with van der Waals surface area (Å²) in [5, 5.41) is 9.23. The lowest BCUT2D eigenvalue weighted by atomic mass is 10.0. The molecule has 6 nitrogen and oxygen atoms in total. The van der Waals surface area contributed by atoms with Crippen molar-refractivity contribution in [3.05, 3.63) is 36.2 Å². The van der Waals surface area contributed by atoms with E-state index in [9.17, 15) is 0 Å². The van der Waals surface area contributed by atoms with Gasteiger partial charge in [-0.3, -0.25) is 4.68 Å². The van der Waals surface area contributed by atoms with Crippen molar-refractivity contribution in [2.75, 3.05) is 26.2 Å². The summed E-state index contributed by atoms with van der Waals surface area (Å²) in [6, 6.07) is 5.62. The maximum absolute atomic E-state index is 4.61. The topological polar surface area (TPSA) is 42.1 Å². The summed E-state index contributed by atoms with van der Waals surface area (Å²) >= 11 is 0. The van der Waals surface area contributed by atoms with Crippen LogP contribution < -0.4 is 0 Å². The largest absolute Gasteiger partial charge is 0.301 e. The summed E-state index contributed by atoms with van der Waals surface area (Å²) in [5.74, 6) is 2.19. The normalized spacial score (nSPS) is 23.8. The minimum Gasteiger partial charge on any atom is -0.301 e. The number of piperidine rings is 2. The number of hydrogen-bond donors (Lipinski definition) is 0. The monoisotopic (exact) mass is 412 g/mol. The van der Waals surface area contributed by atoms with Crippen LogP contribution in [0.25, 0.3) is 0 Å². The number of nitrogens with zero attached hydrogens (tertiary/aromatic N) is 6. The molecule has 30 heavy (non-hydrogen) atoms. The first kappa shape index (κ1) is 21.6. The summed E-state index contributed by atoms with van der Waals surface area (Å²) in [5.41, 5.74) is 0. The standard InChI is InChI=1S/C24H40N6/c1-21-11-3-5-15-27(21)17-9-13-23-25-26-24(30(23)29-19-7-8-20-29)14-10-18-28-16-6-4-12-22(28)2/h7-8,19-22H,3-6,9-18H2,1-2H3. The average Bonchev–Trinajstić information content (AvgIpc) is 3.41. The zero-order valence-electron chi connectivity index (χ0n) is 19.0. The SMILES string of the molecule is CC1CCCCN1CCCc1nnc(CCCN2CCCCC2C)n1-n1cccc1. The van der Waals surface area contributed by atoms with Crippen molar-refractivity contribution in [1.82, 2.24) is 29.3 Å². The molecule has 0 spiro atoms. The van der Waals surface area contributed by atoms with Gasteiger partial charge in [0.25, 0.3) is 0 Å². The second kappa shape index (κ2) is 10.6. The number of aromatic nitrogens is 4. The molecule has 0 amide bonds. The Morgan fingerprint density at radius 3 is 1.73 bits per heavy atom. The van der Waals surface area contributed by atoms with Gasteiger partial charge in [0, 0.05) is 37.3 Å². The third-order valence-corrected chi connectivity index (χ3v) is 7.16. The molecule has 0 saturated carbocycles. The van der Waals surface area contributed by atoms with Gasteiger partial charge in [0.05, 0.1) is 0 Å². The molecule has 4 rings (SSSR count). The zero-order valence-corrected chi connectivity index (χ0v) is 19.0. The van der Waals surface area contributed by atoms with Crippen LogP contribution in [-0.4, -0.2) is 67.6 Å². The fraction of sp³-hybridized carbons (Fsp3) is 0.750. The molecule has 2 saturated heterocycles. The third-order valence-electron chi connectivity index (χ3n) is 7.16. The van der Waals surface area contributed by atoms with E-state index in [1.165, 1.54) is 64.7 Å². The Bertz CT molecular complexity index is 706. The van der Waals surface area contributed by atoms with Gasteiger partial charge in [0.15, 0.2) is 11.6 Å². The molecular weight excluding hydrogens is 372 g/mol. The lowest BCUT2D eigenvalue weighted by molar-refractivity contribution is 0.158. The van der Waals surface area contributed by atoms with Crippen molar-refractivity contribution in [3.63, 3.8) is 0 Å². The second-order valence-electron chi connectivity index (χ2n) is 9.38. The summed E-state index contributed by atoms with van der Waals surface area (Å²) in [7, 11) is 0. The van der Waals surface area contributed by atoms with Crippen molar-refractivity contribution in [2.24, 2.45) is 0 Å². The van der Waals surface area contributed by atoms with Crippen LogP contribution in [0, 0.1) is 0 Å². The molecule has 0 bridgehead atoms. The molecule has 2 unspecified atom stereocenters. The van der Waals surface area contributed by atoms with Crippen molar-refractivity contribution >= 4 is 0 Å². The van der Waals surface area contributed by atoms with Crippen molar-refractivity contribution in [3.8, 4) is 0 Å². The Kier molecular flexibility index (Phi) is 7.61. The molecule has 2 fully saturated rings. The molecule has 2 aliphatic heterocycles. The smallest absolute Gasteiger partial charge is 0.153 e. The van der Waals surface area contributed by atoms with Crippen LogP contribution in [0.1, 0.15) is 76.9 Å². The van der Waals surface area contributed by atoms with Gasteiger partial charge in [-0.1, -0.05) is 12.8 Å². The molecule has 2 atom stereocenters. The fourth-order valence-electron chi connectivity index (χ4n) is 5.25. The Labute approximate surface area is 182 Å². The Morgan fingerprint density at radius 2 is 1.27 bits per heavy atom. The number of aryl methyl sites for hydroxylation is 2. The predicted octanol–water partition coefficient (Wildman–Crippen LogP) is 4.01. The van der Waals surface area contributed by atoms with Gasteiger partial charge in [0.2, 0.25) is 0 Å². The van der Waals surface area contributed by atoms with Crippen LogP contribution >= 0.6 is 0 Å². The summed E-state index contributed by atoms with van der Waals surface area (Å²) in [4.78, 5) is 5.31. The molecular formula is C24H40N6.